The Hall–Kier alpha value is -2.58. The summed E-state index contributed by atoms with van der Waals surface area (Å²) in [5, 5.41) is 12.4. The smallest absolute Gasteiger partial charge is 0.355 e. The number of ether oxygens (including phenoxy) is 1. The first-order valence-electron chi connectivity index (χ1n) is 9.21. The van der Waals surface area contributed by atoms with E-state index in [0.717, 1.165) is 0 Å². The van der Waals surface area contributed by atoms with Crippen molar-refractivity contribution in [3.05, 3.63) is 59.8 Å². The van der Waals surface area contributed by atoms with Gasteiger partial charge in [-0.05, 0) is 31.9 Å². The number of amides is 2. The number of β-lactam (4-membered cyclic amide) rings is 1. The lowest BCUT2D eigenvalue weighted by Crippen LogP contribution is -2.71. The molecular formula is C21H24N2O5S. The van der Waals surface area contributed by atoms with E-state index in [-0.39, 0.29) is 5.70 Å². The highest BCUT2D eigenvalue weighted by molar-refractivity contribution is 8.00. The lowest BCUT2D eigenvalue weighted by Gasteiger charge is -2.49. The molecule has 7 nitrogen and oxygen atoms in total. The third-order valence-corrected chi connectivity index (χ3v) is 5.80. The number of nitrogens with one attached hydrogen (secondary N) is 1. The summed E-state index contributed by atoms with van der Waals surface area (Å²) in [4.78, 5) is 39.2. The van der Waals surface area contributed by atoms with Crippen molar-refractivity contribution in [3.63, 3.8) is 0 Å². The van der Waals surface area contributed by atoms with Gasteiger partial charge in [0.15, 0.2) is 6.10 Å². The van der Waals surface area contributed by atoms with Crippen molar-refractivity contribution in [1.82, 2.24) is 10.2 Å². The van der Waals surface area contributed by atoms with E-state index in [1.807, 2.05) is 0 Å². The van der Waals surface area contributed by atoms with Crippen LogP contribution in [0, 0.1) is 0 Å². The van der Waals surface area contributed by atoms with Crippen molar-refractivity contribution in [1.29, 1.82) is 0 Å². The predicted molar refractivity (Wildman–Crippen MR) is 109 cm³/mol. The van der Waals surface area contributed by atoms with Gasteiger partial charge < -0.3 is 15.2 Å². The van der Waals surface area contributed by atoms with E-state index < -0.39 is 40.9 Å². The number of aliphatic hydroxyl groups is 1. The van der Waals surface area contributed by atoms with Crippen LogP contribution in [-0.4, -0.2) is 50.6 Å². The van der Waals surface area contributed by atoms with Crippen molar-refractivity contribution in [2.24, 2.45) is 0 Å². The molecule has 1 aromatic rings. The number of aliphatic hydroxyl groups excluding tert-OH is 1. The van der Waals surface area contributed by atoms with Crippen molar-refractivity contribution >= 4 is 29.5 Å². The zero-order valence-corrected chi connectivity index (χ0v) is 17.4. The quantitative estimate of drug-likeness (QED) is 0.562. The summed E-state index contributed by atoms with van der Waals surface area (Å²) in [7, 11) is 0. The molecule has 0 bridgehead atoms. The van der Waals surface area contributed by atoms with Crippen LogP contribution in [0.25, 0.3) is 0 Å². The van der Waals surface area contributed by atoms with Gasteiger partial charge in [-0.1, -0.05) is 43.0 Å². The third-order valence-electron chi connectivity index (χ3n) is 4.50. The van der Waals surface area contributed by atoms with Gasteiger partial charge in [0.1, 0.15) is 22.7 Å². The zero-order chi connectivity index (χ0) is 21.3. The Morgan fingerprint density at radius 3 is 2.59 bits per heavy atom. The summed E-state index contributed by atoms with van der Waals surface area (Å²) in [5.41, 5.74) is 0.506. The molecular weight excluding hydrogens is 392 g/mol. The van der Waals surface area contributed by atoms with Crippen LogP contribution in [0.15, 0.2) is 54.3 Å². The van der Waals surface area contributed by atoms with E-state index >= 15 is 0 Å². The molecule has 1 aromatic carbocycles. The largest absolute Gasteiger partial charge is 0.455 e. The minimum atomic E-state index is -1.38. The van der Waals surface area contributed by atoms with E-state index in [2.05, 4.69) is 11.9 Å². The van der Waals surface area contributed by atoms with Gasteiger partial charge >= 0.3 is 5.97 Å². The van der Waals surface area contributed by atoms with Gasteiger partial charge in [0, 0.05) is 5.75 Å². The Kier molecular flexibility index (Phi) is 5.86. The summed E-state index contributed by atoms with van der Waals surface area (Å²) in [6, 6.07) is 7.65. The maximum absolute atomic E-state index is 12.8. The van der Waals surface area contributed by atoms with Gasteiger partial charge in [0.2, 0.25) is 0 Å². The molecule has 0 spiro atoms. The second-order valence-corrected chi connectivity index (χ2v) is 8.89. The van der Waals surface area contributed by atoms with E-state index in [0.29, 0.717) is 16.9 Å². The van der Waals surface area contributed by atoms with Crippen molar-refractivity contribution in [2.75, 3.05) is 5.75 Å². The minimum Gasteiger partial charge on any atom is -0.455 e. The summed E-state index contributed by atoms with van der Waals surface area (Å²) in [6.07, 6.45) is 0.164. The Labute approximate surface area is 173 Å². The maximum Gasteiger partial charge on any atom is 0.355 e. The molecule has 0 saturated carbocycles. The van der Waals surface area contributed by atoms with Gasteiger partial charge in [-0.25, -0.2) is 4.79 Å². The number of rotatable bonds is 5. The van der Waals surface area contributed by atoms with Crippen LogP contribution < -0.4 is 5.32 Å². The molecule has 0 radical (unpaired) electrons. The molecule has 1 saturated heterocycles. The van der Waals surface area contributed by atoms with E-state index in [1.54, 1.807) is 57.2 Å². The van der Waals surface area contributed by atoms with Crippen LogP contribution in [0.1, 0.15) is 32.4 Å². The number of allylic oxidation sites excluding steroid dienone is 1. The second kappa shape index (κ2) is 8.04. The SMILES string of the molecule is C=CC1=C(C(=O)OC(C)(C)C)N2C(=O)[C@@H](NC(=O)C(O)c3ccccc3)[C@H]2SC1. The van der Waals surface area contributed by atoms with Crippen LogP contribution in [-0.2, 0) is 19.1 Å². The Morgan fingerprint density at radius 1 is 1.34 bits per heavy atom. The highest BCUT2D eigenvalue weighted by atomic mass is 32.2. The number of esters is 1. The molecule has 2 aliphatic heterocycles. The van der Waals surface area contributed by atoms with Crippen molar-refractivity contribution in [2.45, 2.75) is 43.9 Å². The predicted octanol–water partition coefficient (Wildman–Crippen LogP) is 1.90. The highest BCUT2D eigenvalue weighted by Gasteiger charge is 2.54. The number of hydrogen-bond donors (Lipinski definition) is 2. The lowest BCUT2D eigenvalue weighted by atomic mass is 10.0. The van der Waals surface area contributed by atoms with E-state index in [9.17, 15) is 19.5 Å². The molecule has 2 amide bonds. The number of carbonyl (C=O) groups excluding carboxylic acids is 3. The topological polar surface area (TPSA) is 95.9 Å². The molecule has 0 aromatic heterocycles. The van der Waals surface area contributed by atoms with Crippen LogP contribution in [0.2, 0.25) is 0 Å². The number of thioether (sulfide) groups is 1. The van der Waals surface area contributed by atoms with E-state index in [4.69, 9.17) is 4.74 Å². The number of benzene rings is 1. The normalized spacial score (nSPS) is 22.3. The molecule has 3 rings (SSSR count). The van der Waals surface area contributed by atoms with Gasteiger partial charge in [0.25, 0.3) is 11.8 Å². The van der Waals surface area contributed by atoms with Gasteiger partial charge in [-0.3, -0.25) is 14.5 Å². The van der Waals surface area contributed by atoms with Crippen LogP contribution in [0.3, 0.4) is 0 Å². The number of nitrogens with zero attached hydrogens (tertiary/aromatic N) is 1. The van der Waals surface area contributed by atoms with Crippen molar-refractivity contribution < 1.29 is 24.2 Å². The average Bonchev–Trinajstić information content (AvgIpc) is 2.69. The standard InChI is InChI=1S/C21H24N2O5S/c1-5-12-11-29-19-14(22-17(25)16(24)13-9-7-6-8-10-13)18(26)23(19)15(12)20(27)28-21(2,3)4/h5-10,14,16,19,24H,1,11H2,2-4H3,(H,22,25)/t14-,16?,19-/m1/s1. The van der Waals surface area contributed by atoms with Crippen LogP contribution >= 0.6 is 11.8 Å². The third kappa shape index (κ3) is 4.23. The number of hydrogen-bond acceptors (Lipinski definition) is 6. The molecule has 2 N–H and O–H groups in total. The maximum atomic E-state index is 12.8. The van der Waals surface area contributed by atoms with Gasteiger partial charge in [0.05, 0.1) is 0 Å². The summed E-state index contributed by atoms with van der Waals surface area (Å²) < 4.78 is 5.45. The summed E-state index contributed by atoms with van der Waals surface area (Å²) in [5.74, 6) is -1.22. The van der Waals surface area contributed by atoms with Crippen LogP contribution in [0.5, 0.6) is 0 Å². The molecule has 1 fully saturated rings. The monoisotopic (exact) mass is 416 g/mol. The van der Waals surface area contributed by atoms with E-state index in [1.165, 1.54) is 16.7 Å². The highest BCUT2D eigenvalue weighted by Crippen LogP contribution is 2.41. The Balaban J connectivity index is 1.75. The minimum absolute atomic E-state index is 0.165. The molecule has 29 heavy (non-hydrogen) atoms. The second-order valence-electron chi connectivity index (χ2n) is 7.79. The fourth-order valence-electron chi connectivity index (χ4n) is 3.13. The van der Waals surface area contributed by atoms with Crippen molar-refractivity contribution in [3.8, 4) is 0 Å². The molecule has 2 heterocycles. The molecule has 1 unspecified atom stereocenters. The number of fused-ring (bicyclic) bond motifs is 1. The Bertz CT molecular complexity index is 875. The molecule has 8 heteroatoms. The average molecular weight is 416 g/mol. The molecule has 154 valence electrons. The summed E-state index contributed by atoms with van der Waals surface area (Å²) >= 11 is 1.42. The first-order chi connectivity index (χ1) is 13.6. The summed E-state index contributed by atoms with van der Waals surface area (Å²) in [6.45, 7) is 8.98. The lowest BCUT2D eigenvalue weighted by molar-refractivity contribution is -0.159. The number of carbonyl (C=O) groups is 3. The first kappa shape index (κ1) is 21.1. The fourth-order valence-corrected chi connectivity index (χ4v) is 4.47. The zero-order valence-electron chi connectivity index (χ0n) is 16.5. The molecule has 2 aliphatic rings. The fraction of sp³-hybridized carbons (Fsp3) is 0.381. The van der Waals surface area contributed by atoms with Gasteiger partial charge in [-0.15, -0.1) is 11.8 Å². The first-order valence-corrected chi connectivity index (χ1v) is 10.3. The van der Waals surface area contributed by atoms with Crippen LogP contribution in [0.4, 0.5) is 0 Å². The molecule has 0 aliphatic carbocycles. The molecule has 3 atom stereocenters. The Morgan fingerprint density at radius 2 is 2.00 bits per heavy atom. The van der Waals surface area contributed by atoms with Gasteiger partial charge in [-0.2, -0.15) is 0 Å².